The molecule has 0 saturated heterocycles. The van der Waals surface area contributed by atoms with Crippen LogP contribution in [0.3, 0.4) is 0 Å². The van der Waals surface area contributed by atoms with Gasteiger partial charge in [0.05, 0.1) is 17.8 Å². The summed E-state index contributed by atoms with van der Waals surface area (Å²) < 4.78 is 43.9. The quantitative estimate of drug-likeness (QED) is 0.711. The van der Waals surface area contributed by atoms with Crippen LogP contribution >= 0.6 is 0 Å². The van der Waals surface area contributed by atoms with Gasteiger partial charge in [-0.25, -0.2) is 9.78 Å². The topological polar surface area (TPSA) is 88.6 Å². The molecule has 0 bridgehead atoms. The van der Waals surface area contributed by atoms with Crippen LogP contribution in [-0.2, 0) is 20.5 Å². The number of ether oxygens (including phenoxy) is 1. The highest BCUT2D eigenvalue weighted by Gasteiger charge is 2.33. The summed E-state index contributed by atoms with van der Waals surface area (Å²) in [6, 6.07) is 9.11. The van der Waals surface area contributed by atoms with Gasteiger partial charge in [-0.05, 0) is 31.2 Å². The lowest BCUT2D eigenvalue weighted by atomic mass is 10.1. The molecule has 154 valence electrons. The minimum atomic E-state index is -4.64. The zero-order valence-corrected chi connectivity index (χ0v) is 15.4. The second-order valence-electron chi connectivity index (χ2n) is 5.79. The van der Waals surface area contributed by atoms with Crippen molar-refractivity contribution in [3.63, 3.8) is 0 Å². The van der Waals surface area contributed by atoms with Crippen molar-refractivity contribution in [3.05, 3.63) is 59.9 Å². The maximum Gasteiger partial charge on any atom is 0.418 e. The van der Waals surface area contributed by atoms with Crippen LogP contribution in [0.2, 0.25) is 0 Å². The third-order valence-electron chi connectivity index (χ3n) is 3.78. The van der Waals surface area contributed by atoms with E-state index in [0.717, 1.165) is 17.0 Å². The van der Waals surface area contributed by atoms with Crippen molar-refractivity contribution in [2.75, 3.05) is 25.0 Å². The van der Waals surface area contributed by atoms with Crippen LogP contribution in [0.5, 0.6) is 0 Å². The van der Waals surface area contributed by atoms with E-state index < -0.39 is 48.4 Å². The second-order valence-corrected chi connectivity index (χ2v) is 5.79. The van der Waals surface area contributed by atoms with Crippen LogP contribution in [-0.4, -0.2) is 47.4 Å². The Bertz CT molecular complexity index is 873. The summed E-state index contributed by atoms with van der Waals surface area (Å²) in [7, 11) is 0. The van der Waals surface area contributed by atoms with Crippen molar-refractivity contribution in [1.82, 2.24) is 9.88 Å². The summed E-state index contributed by atoms with van der Waals surface area (Å²) >= 11 is 0. The van der Waals surface area contributed by atoms with Gasteiger partial charge < -0.3 is 15.0 Å². The first-order valence-electron chi connectivity index (χ1n) is 8.54. The van der Waals surface area contributed by atoms with Gasteiger partial charge in [0.15, 0.2) is 6.61 Å². The Balaban J connectivity index is 1.94. The Labute approximate surface area is 164 Å². The fraction of sp³-hybridized carbons (Fsp3) is 0.263. The molecule has 0 atom stereocenters. The molecule has 1 aromatic carbocycles. The number of anilines is 1. The molecule has 0 saturated carbocycles. The number of carbonyl (C=O) groups is 3. The molecule has 7 nitrogen and oxygen atoms in total. The summed E-state index contributed by atoms with van der Waals surface area (Å²) in [6.07, 6.45) is -3.25. The molecule has 2 amide bonds. The van der Waals surface area contributed by atoms with Crippen molar-refractivity contribution >= 4 is 23.5 Å². The van der Waals surface area contributed by atoms with Gasteiger partial charge in [-0.15, -0.1) is 0 Å². The lowest BCUT2D eigenvalue weighted by molar-refractivity contribution is -0.138. The first-order valence-corrected chi connectivity index (χ1v) is 8.54. The fourth-order valence-corrected chi connectivity index (χ4v) is 2.35. The molecule has 29 heavy (non-hydrogen) atoms. The Morgan fingerprint density at radius 2 is 1.79 bits per heavy atom. The van der Waals surface area contributed by atoms with Crippen molar-refractivity contribution in [2.24, 2.45) is 0 Å². The highest BCUT2D eigenvalue weighted by molar-refractivity contribution is 5.96. The summed E-state index contributed by atoms with van der Waals surface area (Å²) in [5.74, 6) is -2.29. The second kappa shape index (κ2) is 9.67. The Kier molecular flexibility index (Phi) is 7.29. The molecule has 0 aliphatic carbocycles. The standard InChI is InChI=1S/C19H18F3N3O4/c1-2-25(17(27)12-29-18(28)15-9-5-6-10-23-15)11-16(26)24-14-8-4-3-7-13(14)19(20,21)22/h3-10H,2,11-12H2,1H3,(H,24,26). The van der Waals surface area contributed by atoms with Gasteiger partial charge in [0.1, 0.15) is 5.69 Å². The number of para-hydroxylation sites is 1. The van der Waals surface area contributed by atoms with Crippen LogP contribution < -0.4 is 5.32 Å². The monoisotopic (exact) mass is 409 g/mol. The first kappa shape index (κ1) is 21.9. The highest BCUT2D eigenvalue weighted by atomic mass is 19.4. The molecule has 2 rings (SSSR count). The average molecular weight is 409 g/mol. The van der Waals surface area contributed by atoms with E-state index in [1.165, 1.54) is 24.4 Å². The number of rotatable bonds is 7. The Morgan fingerprint density at radius 1 is 1.10 bits per heavy atom. The SMILES string of the molecule is CCN(CC(=O)Nc1ccccc1C(F)(F)F)C(=O)COC(=O)c1ccccn1. The summed E-state index contributed by atoms with van der Waals surface area (Å²) in [5.41, 5.74) is -1.38. The van der Waals surface area contributed by atoms with Gasteiger partial charge in [0.25, 0.3) is 5.91 Å². The normalized spacial score (nSPS) is 10.9. The average Bonchev–Trinajstić information content (AvgIpc) is 2.70. The number of hydrogen-bond donors (Lipinski definition) is 1. The number of halogens is 3. The van der Waals surface area contributed by atoms with Crippen LogP contribution in [0.1, 0.15) is 23.0 Å². The minimum Gasteiger partial charge on any atom is -0.451 e. The number of benzene rings is 1. The molecule has 0 unspecified atom stereocenters. The van der Waals surface area contributed by atoms with E-state index in [2.05, 4.69) is 10.3 Å². The van der Waals surface area contributed by atoms with E-state index in [1.54, 1.807) is 19.1 Å². The van der Waals surface area contributed by atoms with E-state index in [1.807, 2.05) is 0 Å². The molecule has 0 spiro atoms. The Hall–Kier alpha value is -3.43. The number of nitrogens with one attached hydrogen (secondary N) is 1. The van der Waals surface area contributed by atoms with Gasteiger partial charge in [-0.2, -0.15) is 13.2 Å². The molecular weight excluding hydrogens is 391 g/mol. The Morgan fingerprint density at radius 3 is 2.41 bits per heavy atom. The smallest absolute Gasteiger partial charge is 0.418 e. The van der Waals surface area contributed by atoms with E-state index in [9.17, 15) is 27.6 Å². The zero-order chi connectivity index (χ0) is 21.4. The molecule has 0 aliphatic rings. The number of amides is 2. The van der Waals surface area contributed by atoms with Gasteiger partial charge in [0, 0.05) is 12.7 Å². The van der Waals surface area contributed by atoms with Crippen LogP contribution in [0.25, 0.3) is 0 Å². The number of nitrogens with zero attached hydrogens (tertiary/aromatic N) is 2. The summed E-state index contributed by atoms with van der Waals surface area (Å²) in [5, 5.41) is 2.16. The van der Waals surface area contributed by atoms with E-state index in [4.69, 9.17) is 4.74 Å². The van der Waals surface area contributed by atoms with Gasteiger partial charge >= 0.3 is 12.1 Å². The summed E-state index contributed by atoms with van der Waals surface area (Å²) in [4.78, 5) is 41.0. The van der Waals surface area contributed by atoms with Crippen LogP contribution in [0.4, 0.5) is 18.9 Å². The molecule has 1 aromatic heterocycles. The van der Waals surface area contributed by atoms with Gasteiger partial charge in [-0.3, -0.25) is 9.59 Å². The molecule has 0 fully saturated rings. The van der Waals surface area contributed by atoms with Crippen molar-refractivity contribution < 1.29 is 32.3 Å². The number of alkyl halides is 3. The van der Waals surface area contributed by atoms with E-state index in [0.29, 0.717) is 0 Å². The van der Waals surface area contributed by atoms with Crippen molar-refractivity contribution in [1.29, 1.82) is 0 Å². The molecule has 1 heterocycles. The molecule has 2 aromatic rings. The molecule has 0 radical (unpaired) electrons. The number of pyridine rings is 1. The third kappa shape index (κ3) is 6.30. The summed E-state index contributed by atoms with van der Waals surface area (Å²) in [6.45, 7) is 0.544. The number of likely N-dealkylation sites (N-methyl/N-ethyl adjacent to an activating group) is 1. The predicted molar refractivity (Wildman–Crippen MR) is 96.8 cm³/mol. The molecule has 1 N–H and O–H groups in total. The number of esters is 1. The van der Waals surface area contributed by atoms with Gasteiger partial charge in [-0.1, -0.05) is 18.2 Å². The molecule has 0 aliphatic heterocycles. The first-order chi connectivity index (χ1) is 13.7. The van der Waals surface area contributed by atoms with Crippen molar-refractivity contribution in [2.45, 2.75) is 13.1 Å². The van der Waals surface area contributed by atoms with Crippen LogP contribution in [0, 0.1) is 0 Å². The number of hydrogen-bond acceptors (Lipinski definition) is 5. The molecular formula is C19H18F3N3O4. The largest absolute Gasteiger partial charge is 0.451 e. The number of carbonyl (C=O) groups excluding carboxylic acids is 3. The van der Waals surface area contributed by atoms with E-state index in [-0.39, 0.29) is 12.2 Å². The van der Waals surface area contributed by atoms with Crippen molar-refractivity contribution in [3.8, 4) is 0 Å². The highest BCUT2D eigenvalue weighted by Crippen LogP contribution is 2.34. The lowest BCUT2D eigenvalue weighted by Gasteiger charge is -2.21. The maximum absolute atomic E-state index is 13.0. The lowest BCUT2D eigenvalue weighted by Crippen LogP contribution is -2.40. The maximum atomic E-state index is 13.0. The van der Waals surface area contributed by atoms with E-state index >= 15 is 0 Å². The van der Waals surface area contributed by atoms with Crippen LogP contribution in [0.15, 0.2) is 48.7 Å². The number of aromatic nitrogens is 1. The zero-order valence-electron chi connectivity index (χ0n) is 15.4. The predicted octanol–water partition coefficient (Wildman–Crippen LogP) is 2.74. The minimum absolute atomic E-state index is 0.0184. The third-order valence-corrected chi connectivity index (χ3v) is 3.78. The van der Waals surface area contributed by atoms with Gasteiger partial charge in [0.2, 0.25) is 5.91 Å². The fourth-order valence-electron chi connectivity index (χ4n) is 2.35. The molecule has 10 heteroatoms.